The van der Waals surface area contributed by atoms with E-state index in [0.29, 0.717) is 0 Å². The molecule has 0 N–H and O–H groups in total. The van der Waals surface area contributed by atoms with Crippen LogP contribution in [0.5, 0.6) is 0 Å². The van der Waals surface area contributed by atoms with E-state index in [1.54, 1.807) is 0 Å². The predicted octanol–water partition coefficient (Wildman–Crippen LogP) is 4.84. The van der Waals surface area contributed by atoms with Crippen molar-refractivity contribution in [3.8, 4) is 0 Å². The van der Waals surface area contributed by atoms with E-state index in [-0.39, 0.29) is 0 Å². The van der Waals surface area contributed by atoms with Crippen molar-refractivity contribution in [2.75, 3.05) is 0 Å². The van der Waals surface area contributed by atoms with Gasteiger partial charge in [-0.1, -0.05) is 61.5 Å². The van der Waals surface area contributed by atoms with Gasteiger partial charge in [0.2, 0.25) is 0 Å². The van der Waals surface area contributed by atoms with Crippen LogP contribution < -0.4 is 0 Å². The SMILES string of the molecule is CCc1nc(C)nc(Cc2cccc(Cc3ccccc3)c2)c1C. The van der Waals surface area contributed by atoms with Gasteiger partial charge >= 0.3 is 0 Å². The molecule has 0 aliphatic rings. The van der Waals surface area contributed by atoms with Gasteiger partial charge < -0.3 is 0 Å². The van der Waals surface area contributed by atoms with Gasteiger partial charge in [0.25, 0.3) is 0 Å². The molecule has 2 aromatic carbocycles. The van der Waals surface area contributed by atoms with Gasteiger partial charge in [0.05, 0.1) is 5.69 Å². The maximum atomic E-state index is 4.68. The normalized spacial score (nSPS) is 10.8. The minimum atomic E-state index is 0.866. The lowest BCUT2D eigenvalue weighted by atomic mass is 9.99. The minimum Gasteiger partial charge on any atom is -0.238 e. The number of nitrogens with zero attached hydrogens (tertiary/aromatic N) is 2. The number of benzene rings is 2. The van der Waals surface area contributed by atoms with Gasteiger partial charge in [0, 0.05) is 12.1 Å². The number of hydrogen-bond acceptors (Lipinski definition) is 2. The average molecular weight is 316 g/mol. The van der Waals surface area contributed by atoms with Crippen LogP contribution in [0.3, 0.4) is 0 Å². The van der Waals surface area contributed by atoms with Gasteiger partial charge in [-0.25, -0.2) is 9.97 Å². The summed E-state index contributed by atoms with van der Waals surface area (Å²) in [6.07, 6.45) is 2.79. The summed E-state index contributed by atoms with van der Waals surface area (Å²) in [6.45, 7) is 6.27. The van der Waals surface area contributed by atoms with Gasteiger partial charge in [0.1, 0.15) is 5.82 Å². The quantitative estimate of drug-likeness (QED) is 0.673. The Morgan fingerprint density at radius 3 is 2.04 bits per heavy atom. The summed E-state index contributed by atoms with van der Waals surface area (Å²) in [5, 5.41) is 0. The van der Waals surface area contributed by atoms with E-state index >= 15 is 0 Å². The van der Waals surface area contributed by atoms with Crippen LogP contribution in [0.2, 0.25) is 0 Å². The summed E-state index contributed by atoms with van der Waals surface area (Å²) in [5.74, 6) is 0.868. The van der Waals surface area contributed by atoms with Gasteiger partial charge in [-0.2, -0.15) is 0 Å². The zero-order valence-electron chi connectivity index (χ0n) is 14.7. The number of aryl methyl sites for hydroxylation is 2. The molecule has 0 aliphatic carbocycles. The summed E-state index contributed by atoms with van der Waals surface area (Å²) in [4.78, 5) is 9.23. The Labute approximate surface area is 144 Å². The second-order valence-corrected chi connectivity index (χ2v) is 6.30. The van der Waals surface area contributed by atoms with Crippen LogP contribution in [-0.4, -0.2) is 9.97 Å². The van der Waals surface area contributed by atoms with Gasteiger partial charge in [0.15, 0.2) is 0 Å². The van der Waals surface area contributed by atoms with Crippen LogP contribution >= 0.6 is 0 Å². The number of aromatic nitrogens is 2. The molecule has 24 heavy (non-hydrogen) atoms. The first-order valence-electron chi connectivity index (χ1n) is 8.60. The van der Waals surface area contributed by atoms with Crippen molar-refractivity contribution in [2.45, 2.75) is 40.0 Å². The summed E-state index contributed by atoms with van der Waals surface area (Å²) in [6, 6.07) is 19.5. The smallest absolute Gasteiger partial charge is 0.125 e. The first kappa shape index (κ1) is 16.4. The molecule has 2 nitrogen and oxygen atoms in total. The minimum absolute atomic E-state index is 0.866. The summed E-state index contributed by atoms with van der Waals surface area (Å²) in [7, 11) is 0. The van der Waals surface area contributed by atoms with Crippen LogP contribution in [0.25, 0.3) is 0 Å². The predicted molar refractivity (Wildman–Crippen MR) is 99.4 cm³/mol. The lowest BCUT2D eigenvalue weighted by Gasteiger charge is -2.11. The third-order valence-corrected chi connectivity index (χ3v) is 4.41. The van der Waals surface area contributed by atoms with Crippen LogP contribution in [0.1, 0.15) is 46.4 Å². The Balaban J connectivity index is 1.84. The molecule has 0 radical (unpaired) electrons. The number of hydrogen-bond donors (Lipinski definition) is 0. The molecule has 0 bridgehead atoms. The van der Waals surface area contributed by atoms with E-state index in [9.17, 15) is 0 Å². The molecule has 0 amide bonds. The van der Waals surface area contributed by atoms with Gasteiger partial charge in [-0.15, -0.1) is 0 Å². The molecule has 0 fully saturated rings. The van der Waals surface area contributed by atoms with Gasteiger partial charge in [-0.05, 0) is 48.9 Å². The molecule has 0 atom stereocenters. The van der Waals surface area contributed by atoms with E-state index < -0.39 is 0 Å². The second-order valence-electron chi connectivity index (χ2n) is 6.30. The molecular weight excluding hydrogens is 292 g/mol. The van der Waals surface area contributed by atoms with Crippen LogP contribution in [0.15, 0.2) is 54.6 Å². The van der Waals surface area contributed by atoms with E-state index in [1.165, 1.54) is 22.3 Å². The van der Waals surface area contributed by atoms with Crippen molar-refractivity contribution in [3.63, 3.8) is 0 Å². The Morgan fingerprint density at radius 2 is 1.33 bits per heavy atom. The lowest BCUT2D eigenvalue weighted by molar-refractivity contribution is 0.878. The Kier molecular flexibility index (Phi) is 5.05. The van der Waals surface area contributed by atoms with E-state index in [1.807, 2.05) is 6.92 Å². The van der Waals surface area contributed by atoms with Crippen molar-refractivity contribution >= 4 is 0 Å². The highest BCUT2D eigenvalue weighted by molar-refractivity contribution is 5.34. The lowest BCUT2D eigenvalue weighted by Crippen LogP contribution is -2.05. The maximum Gasteiger partial charge on any atom is 0.125 e. The van der Waals surface area contributed by atoms with Crippen LogP contribution in [0.4, 0.5) is 0 Å². The molecule has 0 aliphatic heterocycles. The molecule has 1 heterocycles. The summed E-state index contributed by atoms with van der Waals surface area (Å²) < 4.78 is 0. The molecule has 0 unspecified atom stereocenters. The van der Waals surface area contributed by atoms with Crippen molar-refractivity contribution < 1.29 is 0 Å². The molecular formula is C22H24N2. The van der Waals surface area contributed by atoms with Crippen molar-refractivity contribution in [2.24, 2.45) is 0 Å². The fourth-order valence-corrected chi connectivity index (χ4v) is 3.14. The molecule has 3 rings (SSSR count). The number of rotatable bonds is 5. The Hall–Kier alpha value is -2.48. The molecule has 0 spiro atoms. The van der Waals surface area contributed by atoms with Crippen LogP contribution in [-0.2, 0) is 19.3 Å². The standard InChI is InChI=1S/C22H24N2/c1-4-21-16(2)22(24-17(3)23-21)15-20-12-8-11-19(14-20)13-18-9-6-5-7-10-18/h5-12,14H,4,13,15H2,1-3H3. The third-order valence-electron chi connectivity index (χ3n) is 4.41. The van der Waals surface area contributed by atoms with Gasteiger partial charge in [-0.3, -0.25) is 0 Å². The zero-order valence-corrected chi connectivity index (χ0v) is 14.7. The summed E-state index contributed by atoms with van der Waals surface area (Å²) >= 11 is 0. The fraction of sp³-hybridized carbons (Fsp3) is 0.273. The van der Waals surface area contributed by atoms with Crippen LogP contribution in [0, 0.1) is 13.8 Å². The van der Waals surface area contributed by atoms with Crippen molar-refractivity contribution in [1.29, 1.82) is 0 Å². The largest absolute Gasteiger partial charge is 0.238 e. The topological polar surface area (TPSA) is 25.8 Å². The molecule has 3 aromatic rings. The molecule has 2 heteroatoms. The molecule has 0 saturated carbocycles. The Bertz CT molecular complexity index is 823. The maximum absolute atomic E-state index is 4.68. The highest BCUT2D eigenvalue weighted by atomic mass is 14.9. The first-order valence-corrected chi connectivity index (χ1v) is 8.60. The highest BCUT2D eigenvalue weighted by Crippen LogP contribution is 2.18. The average Bonchev–Trinajstić information content (AvgIpc) is 2.59. The fourth-order valence-electron chi connectivity index (χ4n) is 3.14. The molecule has 122 valence electrons. The first-order chi connectivity index (χ1) is 11.7. The van der Waals surface area contributed by atoms with E-state index in [2.05, 4.69) is 78.4 Å². The monoisotopic (exact) mass is 316 g/mol. The highest BCUT2D eigenvalue weighted by Gasteiger charge is 2.09. The molecule has 0 saturated heterocycles. The third kappa shape index (κ3) is 3.88. The second kappa shape index (κ2) is 7.39. The summed E-state index contributed by atoms with van der Waals surface area (Å²) in [5.41, 5.74) is 7.55. The van der Waals surface area contributed by atoms with Crippen molar-refractivity contribution in [1.82, 2.24) is 9.97 Å². The van der Waals surface area contributed by atoms with Crippen molar-refractivity contribution in [3.05, 3.63) is 94.1 Å². The zero-order chi connectivity index (χ0) is 16.9. The van der Waals surface area contributed by atoms with E-state index in [4.69, 9.17) is 0 Å². The Morgan fingerprint density at radius 1 is 0.708 bits per heavy atom. The molecule has 1 aromatic heterocycles. The van der Waals surface area contributed by atoms with E-state index in [0.717, 1.165) is 36.5 Å².